The van der Waals surface area contributed by atoms with E-state index < -0.39 is 18.6 Å². The van der Waals surface area contributed by atoms with Crippen LogP contribution in [-0.4, -0.2) is 59.9 Å². The number of amides is 1. The Kier molecular flexibility index (Phi) is 9.40. The Morgan fingerprint density at radius 2 is 2.07 bits per heavy atom. The summed E-state index contributed by atoms with van der Waals surface area (Å²) in [7, 11) is 2.63. The highest BCUT2D eigenvalue weighted by molar-refractivity contribution is 14.0. The van der Waals surface area contributed by atoms with E-state index in [0.29, 0.717) is 10.9 Å². The molecule has 0 aliphatic rings. The van der Waals surface area contributed by atoms with Gasteiger partial charge in [-0.1, -0.05) is 12.1 Å². The number of carbonyl (C=O) groups is 1. The Bertz CT molecular complexity index is 810. The number of guanidine groups is 1. The maximum absolute atomic E-state index is 12.4. The van der Waals surface area contributed by atoms with Gasteiger partial charge in [0.25, 0.3) is 0 Å². The first-order valence-corrected chi connectivity index (χ1v) is 8.57. The van der Waals surface area contributed by atoms with Gasteiger partial charge in [-0.05, 0) is 30.7 Å². The van der Waals surface area contributed by atoms with Crippen molar-refractivity contribution in [2.75, 3.05) is 27.2 Å². The summed E-state index contributed by atoms with van der Waals surface area (Å²) in [5.74, 6) is -0.376. The van der Waals surface area contributed by atoms with Gasteiger partial charge in [0.15, 0.2) is 5.96 Å². The van der Waals surface area contributed by atoms with Crippen LogP contribution in [0.5, 0.6) is 0 Å². The van der Waals surface area contributed by atoms with E-state index in [1.165, 1.54) is 7.05 Å². The summed E-state index contributed by atoms with van der Waals surface area (Å²) in [6.45, 7) is 0.315. The van der Waals surface area contributed by atoms with Crippen LogP contribution in [0, 0.1) is 0 Å². The minimum atomic E-state index is -4.43. The summed E-state index contributed by atoms with van der Waals surface area (Å²) in [6, 6.07) is 9.37. The number of likely N-dealkylation sites (N-methyl/N-ethyl adjacent to an activating group) is 1. The molecule has 2 aromatic rings. The number of alkyl halides is 3. The molecular formula is C18H24F3IN6O. The number of nitrogens with zero attached hydrogens (tertiary/aromatic N) is 4. The van der Waals surface area contributed by atoms with Crippen molar-refractivity contribution < 1.29 is 18.0 Å². The summed E-state index contributed by atoms with van der Waals surface area (Å²) in [5, 5.41) is 10.0. The monoisotopic (exact) mass is 524 g/mol. The number of hydrogen-bond acceptors (Lipinski definition) is 3. The van der Waals surface area contributed by atoms with E-state index in [0.717, 1.165) is 18.3 Å². The number of benzene rings is 1. The highest BCUT2D eigenvalue weighted by Crippen LogP contribution is 2.17. The quantitative estimate of drug-likeness (QED) is 0.347. The highest BCUT2D eigenvalue weighted by atomic mass is 127. The molecule has 1 atom stereocenters. The van der Waals surface area contributed by atoms with Crippen molar-refractivity contribution in [3.63, 3.8) is 0 Å². The molecule has 0 saturated carbocycles. The van der Waals surface area contributed by atoms with E-state index in [4.69, 9.17) is 0 Å². The predicted octanol–water partition coefficient (Wildman–Crippen LogP) is 2.74. The molecule has 1 aromatic carbocycles. The molecule has 29 heavy (non-hydrogen) atoms. The van der Waals surface area contributed by atoms with E-state index >= 15 is 0 Å². The number of carbonyl (C=O) groups excluding carboxylic acids is 1. The smallest absolute Gasteiger partial charge is 0.350 e. The maximum atomic E-state index is 12.4. The number of aromatic nitrogens is 2. The topological polar surface area (TPSA) is 74.6 Å². The van der Waals surface area contributed by atoms with Gasteiger partial charge >= 0.3 is 6.18 Å². The second-order valence-corrected chi connectivity index (χ2v) is 6.20. The van der Waals surface area contributed by atoms with Crippen molar-refractivity contribution >= 4 is 35.8 Å². The summed E-state index contributed by atoms with van der Waals surface area (Å²) in [6.07, 6.45) is -0.911. The number of aliphatic imine (C=N–C) groups is 1. The average molecular weight is 524 g/mol. The Labute approximate surface area is 184 Å². The lowest BCUT2D eigenvalue weighted by atomic mass is 10.1. The van der Waals surface area contributed by atoms with Gasteiger partial charge < -0.3 is 15.5 Å². The summed E-state index contributed by atoms with van der Waals surface area (Å²) in [5.41, 5.74) is 1.85. The van der Waals surface area contributed by atoms with Gasteiger partial charge in [0.2, 0.25) is 5.91 Å². The van der Waals surface area contributed by atoms with Crippen LogP contribution in [0.15, 0.2) is 47.7 Å². The van der Waals surface area contributed by atoms with Crippen molar-refractivity contribution in [1.82, 2.24) is 25.3 Å². The molecule has 2 N–H and O–H groups in total. The summed E-state index contributed by atoms with van der Waals surface area (Å²) < 4.78 is 38.8. The normalized spacial score (nSPS) is 12.7. The van der Waals surface area contributed by atoms with E-state index in [-0.39, 0.29) is 36.6 Å². The molecule has 0 saturated heterocycles. The van der Waals surface area contributed by atoms with Gasteiger partial charge in [-0.3, -0.25) is 9.79 Å². The van der Waals surface area contributed by atoms with E-state index in [1.807, 2.05) is 43.5 Å². The second-order valence-electron chi connectivity index (χ2n) is 6.20. The van der Waals surface area contributed by atoms with Crippen LogP contribution >= 0.6 is 24.0 Å². The molecule has 0 spiro atoms. The molecule has 1 heterocycles. The van der Waals surface area contributed by atoms with Gasteiger partial charge in [-0.2, -0.15) is 18.3 Å². The largest absolute Gasteiger partial charge is 0.406 e. The Balaban J connectivity index is 0.00000420. The SMILES string of the molecule is CN=C(NCC(=O)N(C)CC(F)(F)F)NC(C)c1cccc(-n2cccn2)c1.I. The van der Waals surface area contributed by atoms with Gasteiger partial charge in [0, 0.05) is 26.5 Å². The van der Waals surface area contributed by atoms with E-state index in [9.17, 15) is 18.0 Å². The van der Waals surface area contributed by atoms with Gasteiger partial charge in [-0.25, -0.2) is 4.68 Å². The lowest BCUT2D eigenvalue weighted by Gasteiger charge is -2.21. The Morgan fingerprint density at radius 1 is 1.34 bits per heavy atom. The third-order valence-corrected chi connectivity index (χ3v) is 3.97. The van der Waals surface area contributed by atoms with Crippen molar-refractivity contribution in [2.24, 2.45) is 4.99 Å². The molecule has 0 aliphatic heterocycles. The minimum absolute atomic E-state index is 0. The Morgan fingerprint density at radius 3 is 2.66 bits per heavy atom. The van der Waals surface area contributed by atoms with Crippen molar-refractivity contribution in [3.8, 4) is 5.69 Å². The van der Waals surface area contributed by atoms with Crippen molar-refractivity contribution in [2.45, 2.75) is 19.1 Å². The zero-order valence-electron chi connectivity index (χ0n) is 16.3. The number of nitrogens with one attached hydrogen (secondary N) is 2. The fraction of sp³-hybridized carbons (Fsp3) is 0.389. The zero-order valence-corrected chi connectivity index (χ0v) is 18.6. The first kappa shape index (κ1) is 24.7. The lowest BCUT2D eigenvalue weighted by Crippen LogP contribution is -2.46. The van der Waals surface area contributed by atoms with E-state index in [2.05, 4.69) is 20.7 Å². The molecule has 1 unspecified atom stereocenters. The molecule has 0 bridgehead atoms. The van der Waals surface area contributed by atoms with Crippen LogP contribution in [0.1, 0.15) is 18.5 Å². The van der Waals surface area contributed by atoms with Crippen LogP contribution in [0.4, 0.5) is 13.2 Å². The van der Waals surface area contributed by atoms with Gasteiger partial charge in [0.05, 0.1) is 18.3 Å². The van der Waals surface area contributed by atoms with Crippen LogP contribution < -0.4 is 10.6 Å². The third kappa shape index (κ3) is 7.91. The summed E-state index contributed by atoms with van der Waals surface area (Å²) in [4.78, 5) is 16.5. The van der Waals surface area contributed by atoms with Crippen molar-refractivity contribution in [3.05, 3.63) is 48.3 Å². The van der Waals surface area contributed by atoms with Crippen LogP contribution in [0.3, 0.4) is 0 Å². The second kappa shape index (κ2) is 11.0. The van der Waals surface area contributed by atoms with Gasteiger partial charge in [0.1, 0.15) is 6.54 Å². The molecule has 0 fully saturated rings. The number of hydrogen-bond donors (Lipinski definition) is 2. The Hall–Kier alpha value is -2.31. The lowest BCUT2D eigenvalue weighted by molar-refractivity contribution is -0.157. The highest BCUT2D eigenvalue weighted by Gasteiger charge is 2.31. The van der Waals surface area contributed by atoms with Crippen LogP contribution in [0.2, 0.25) is 0 Å². The molecule has 2 rings (SSSR count). The van der Waals surface area contributed by atoms with Gasteiger partial charge in [-0.15, -0.1) is 24.0 Å². The fourth-order valence-electron chi connectivity index (χ4n) is 2.49. The molecule has 1 aromatic heterocycles. The molecular weight excluding hydrogens is 500 g/mol. The van der Waals surface area contributed by atoms with Crippen molar-refractivity contribution in [1.29, 1.82) is 0 Å². The summed E-state index contributed by atoms with van der Waals surface area (Å²) >= 11 is 0. The first-order valence-electron chi connectivity index (χ1n) is 8.57. The minimum Gasteiger partial charge on any atom is -0.350 e. The first-order chi connectivity index (χ1) is 13.2. The third-order valence-electron chi connectivity index (χ3n) is 3.97. The predicted molar refractivity (Wildman–Crippen MR) is 116 cm³/mol. The standard InChI is InChI=1S/C18H23F3N6O.HI/c1-13(14-6-4-7-15(10-14)27-9-5-8-24-27)25-17(22-2)23-11-16(28)26(3)12-18(19,20)21;/h4-10,13H,11-12H2,1-3H3,(H2,22,23,25);1H. The number of halogens is 4. The molecule has 11 heteroatoms. The fourth-order valence-corrected chi connectivity index (χ4v) is 2.49. The van der Waals surface area contributed by atoms with Crippen LogP contribution in [-0.2, 0) is 4.79 Å². The number of rotatable bonds is 6. The maximum Gasteiger partial charge on any atom is 0.406 e. The zero-order chi connectivity index (χ0) is 20.7. The molecule has 7 nitrogen and oxygen atoms in total. The molecule has 160 valence electrons. The molecule has 0 radical (unpaired) electrons. The molecule has 0 aliphatic carbocycles. The average Bonchev–Trinajstić information content (AvgIpc) is 3.18. The van der Waals surface area contributed by atoms with Crippen LogP contribution in [0.25, 0.3) is 5.69 Å². The van der Waals surface area contributed by atoms with E-state index in [1.54, 1.807) is 10.9 Å². The molecule has 1 amide bonds.